The Hall–Kier alpha value is -1.40. The maximum Gasteiger partial charge on any atom is 0.268 e. The molecule has 3 nitrogen and oxygen atoms in total. The summed E-state index contributed by atoms with van der Waals surface area (Å²) in [6.07, 6.45) is 4.91. The fourth-order valence-corrected chi connectivity index (χ4v) is 5.06. The highest BCUT2D eigenvalue weighted by Crippen LogP contribution is 2.31. The number of benzene rings is 1. The van der Waals surface area contributed by atoms with Gasteiger partial charge in [-0.15, -0.1) is 0 Å². The zero-order valence-electron chi connectivity index (χ0n) is 18.7. The van der Waals surface area contributed by atoms with Gasteiger partial charge in [-0.1, -0.05) is 57.2 Å². The summed E-state index contributed by atoms with van der Waals surface area (Å²) in [6.45, 7) is 10.7. The Balaban J connectivity index is 1.70. The van der Waals surface area contributed by atoms with Gasteiger partial charge in [0.1, 0.15) is 5.75 Å². The fraction of sp³-hybridized carbons (Fsp3) is 0.583. The Kier molecular flexibility index (Phi) is 9.35. The summed E-state index contributed by atoms with van der Waals surface area (Å²) >= 11 is 2.37. The topological polar surface area (TPSA) is 43.4 Å². The minimum Gasteiger partial charge on any atom is -0.494 e. The predicted molar refractivity (Wildman–Crippen MR) is 127 cm³/mol. The third-order valence-corrected chi connectivity index (χ3v) is 7.49. The van der Waals surface area contributed by atoms with E-state index in [1.165, 1.54) is 11.8 Å². The van der Waals surface area contributed by atoms with Crippen molar-refractivity contribution >= 4 is 38.3 Å². The molecule has 0 saturated carbocycles. The molecule has 1 aromatic carbocycles. The number of unbranched alkanes of at least 4 members (excludes halogenated alkanes) is 2. The Morgan fingerprint density at radius 1 is 1.23 bits per heavy atom. The molecular weight excluding hydrogens is 419 g/mol. The zero-order valence-corrected chi connectivity index (χ0v) is 20.3. The molecule has 166 valence electrons. The monoisotopic (exact) mass is 452 g/mol. The van der Waals surface area contributed by atoms with Crippen molar-refractivity contribution in [2.45, 2.75) is 66.7 Å². The van der Waals surface area contributed by atoms with E-state index < -0.39 is 10.6 Å². The highest BCUT2D eigenvalue weighted by atomic mass is 32.2. The molecule has 0 bridgehead atoms. The molecule has 0 atom stereocenters. The Labute approximate surface area is 187 Å². The summed E-state index contributed by atoms with van der Waals surface area (Å²) in [7, 11) is 0. The van der Waals surface area contributed by atoms with Gasteiger partial charge in [-0.05, 0) is 67.7 Å². The van der Waals surface area contributed by atoms with Crippen LogP contribution < -0.4 is 9.48 Å². The molecule has 1 heterocycles. The maximum atomic E-state index is 13.7. The van der Waals surface area contributed by atoms with Gasteiger partial charge in [0.25, 0.3) is 4.74 Å². The van der Waals surface area contributed by atoms with Crippen molar-refractivity contribution in [1.29, 1.82) is 0 Å². The normalized spacial score (nSPS) is 12.0. The van der Waals surface area contributed by atoms with Crippen molar-refractivity contribution in [1.82, 2.24) is 0 Å². The molecule has 0 fully saturated rings. The molecule has 0 saturated heterocycles. The first-order valence-electron chi connectivity index (χ1n) is 10.6. The van der Waals surface area contributed by atoms with Gasteiger partial charge in [-0.25, -0.2) is 4.39 Å². The summed E-state index contributed by atoms with van der Waals surface area (Å²) in [5.74, 6) is 1.50. The van der Waals surface area contributed by atoms with E-state index in [0.29, 0.717) is 29.0 Å². The van der Waals surface area contributed by atoms with Crippen LogP contribution in [0.4, 0.5) is 4.39 Å². The molecular formula is C24H33FO3S2. The van der Waals surface area contributed by atoms with Crippen LogP contribution in [0.15, 0.2) is 23.0 Å². The molecule has 6 heteroatoms. The third-order valence-electron chi connectivity index (χ3n) is 5.26. The molecule has 0 amide bonds. The van der Waals surface area contributed by atoms with E-state index in [1.807, 2.05) is 18.2 Å². The molecule has 0 radical (unpaired) electrons. The Morgan fingerprint density at radius 3 is 2.67 bits per heavy atom. The van der Waals surface area contributed by atoms with Crippen LogP contribution in [0, 0.1) is 24.1 Å². The van der Waals surface area contributed by atoms with Crippen molar-refractivity contribution < 1.29 is 13.9 Å². The molecule has 30 heavy (non-hydrogen) atoms. The molecule has 0 aliphatic rings. The lowest BCUT2D eigenvalue weighted by Crippen LogP contribution is -2.22. The number of carbonyl (C=O) groups is 1. The zero-order chi connectivity index (χ0) is 22.3. The van der Waals surface area contributed by atoms with E-state index in [1.54, 1.807) is 6.92 Å². The lowest BCUT2D eigenvalue weighted by molar-refractivity contribution is -0.118. The molecule has 0 aliphatic carbocycles. The number of hydrogen-bond acceptors (Lipinski definition) is 5. The number of rotatable bonds is 11. The van der Waals surface area contributed by atoms with Crippen molar-refractivity contribution in [3.8, 4) is 5.75 Å². The van der Waals surface area contributed by atoms with E-state index >= 15 is 0 Å². The molecule has 1 aromatic heterocycles. The van der Waals surface area contributed by atoms with E-state index in [4.69, 9.17) is 4.74 Å². The Morgan fingerprint density at radius 2 is 1.97 bits per heavy atom. The van der Waals surface area contributed by atoms with E-state index in [2.05, 4.69) is 27.7 Å². The number of hydrogen-bond donors (Lipinski definition) is 0. The van der Waals surface area contributed by atoms with E-state index in [-0.39, 0.29) is 5.41 Å². The van der Waals surface area contributed by atoms with Crippen molar-refractivity contribution in [3.63, 3.8) is 0 Å². The maximum absolute atomic E-state index is 13.7. The average Bonchev–Trinajstić information content (AvgIpc) is 2.69. The van der Waals surface area contributed by atoms with Crippen LogP contribution in [-0.2, 0) is 4.79 Å². The van der Waals surface area contributed by atoms with Crippen molar-refractivity contribution in [2.75, 3.05) is 12.4 Å². The van der Waals surface area contributed by atoms with Crippen LogP contribution in [0.2, 0.25) is 0 Å². The number of fused-ring (bicyclic) bond motifs is 1. The van der Waals surface area contributed by atoms with Crippen LogP contribution >= 0.6 is 23.1 Å². The summed E-state index contributed by atoms with van der Waals surface area (Å²) in [4.78, 5) is 24.1. The van der Waals surface area contributed by atoms with Gasteiger partial charge in [0.05, 0.1) is 6.61 Å². The molecule has 0 N–H and O–H groups in total. The van der Waals surface area contributed by atoms with E-state index in [9.17, 15) is 14.0 Å². The van der Waals surface area contributed by atoms with Crippen LogP contribution in [0.1, 0.15) is 65.4 Å². The molecule has 0 unspecified atom stereocenters. The van der Waals surface area contributed by atoms with Crippen LogP contribution in [-0.4, -0.2) is 17.5 Å². The first-order valence-corrected chi connectivity index (χ1v) is 12.4. The Bertz CT molecular complexity index is 919. The highest BCUT2D eigenvalue weighted by molar-refractivity contribution is 8.13. The van der Waals surface area contributed by atoms with E-state index in [0.717, 1.165) is 59.3 Å². The minimum atomic E-state index is -0.666. The first kappa shape index (κ1) is 24.9. The van der Waals surface area contributed by atoms with Crippen LogP contribution in [0.3, 0.4) is 0 Å². The second-order valence-corrected chi connectivity index (χ2v) is 10.9. The lowest BCUT2D eigenvalue weighted by atomic mass is 9.87. The average molecular weight is 453 g/mol. The van der Waals surface area contributed by atoms with Gasteiger partial charge in [-0.2, -0.15) is 0 Å². The van der Waals surface area contributed by atoms with Crippen molar-refractivity contribution in [3.05, 3.63) is 39.1 Å². The summed E-state index contributed by atoms with van der Waals surface area (Å²) < 4.78 is 19.7. The quantitative estimate of drug-likeness (QED) is 0.345. The fourth-order valence-electron chi connectivity index (χ4n) is 3.09. The number of carbonyl (C=O) groups excluding carboxylic acids is 1. The smallest absolute Gasteiger partial charge is 0.268 e. The number of halogens is 1. The largest absolute Gasteiger partial charge is 0.494 e. The van der Waals surface area contributed by atoms with Gasteiger partial charge >= 0.3 is 0 Å². The van der Waals surface area contributed by atoms with Crippen LogP contribution in [0.25, 0.3) is 10.1 Å². The van der Waals surface area contributed by atoms with Crippen molar-refractivity contribution in [2.24, 2.45) is 11.3 Å². The highest BCUT2D eigenvalue weighted by Gasteiger charge is 2.27. The van der Waals surface area contributed by atoms with Gasteiger partial charge in [-0.3, -0.25) is 9.59 Å². The molecule has 2 aromatic rings. The lowest BCUT2D eigenvalue weighted by Gasteiger charge is -2.23. The standard InChI is InChI=1S/C24H33FO3S2/c1-16(2)11-12-24(4,5)23(27)29-14-8-6-7-13-28-18-9-10-19-17(3)21(25)22(26)30-20(19)15-18/h9-10,15-16H,6-8,11-14H2,1-5H3. The third kappa shape index (κ3) is 7.09. The minimum absolute atomic E-state index is 0.250. The SMILES string of the molecule is Cc1c(F)c(=O)sc2cc(OCCCCCSC(=O)C(C)(C)CCC(C)C)ccc12. The van der Waals surface area contributed by atoms with Gasteiger partial charge in [0.15, 0.2) is 10.9 Å². The second-order valence-electron chi connectivity index (χ2n) is 8.85. The molecule has 0 aliphatic heterocycles. The summed E-state index contributed by atoms with van der Waals surface area (Å²) in [6, 6.07) is 5.43. The number of thioether (sulfide) groups is 1. The number of ether oxygens (including phenoxy) is 1. The number of aryl methyl sites for hydroxylation is 1. The first-order chi connectivity index (χ1) is 14.1. The predicted octanol–water partition coefficient (Wildman–Crippen LogP) is 6.98. The van der Waals surface area contributed by atoms with Gasteiger partial charge < -0.3 is 4.74 Å². The summed E-state index contributed by atoms with van der Waals surface area (Å²) in [5.41, 5.74) is 0.139. The molecule has 2 rings (SSSR count). The second kappa shape index (κ2) is 11.3. The van der Waals surface area contributed by atoms with Gasteiger partial charge in [0.2, 0.25) is 0 Å². The van der Waals surface area contributed by atoms with Gasteiger partial charge in [0, 0.05) is 15.9 Å². The molecule has 0 spiro atoms. The summed E-state index contributed by atoms with van der Waals surface area (Å²) in [5, 5.41) is 1.05. The van der Waals surface area contributed by atoms with Crippen LogP contribution in [0.5, 0.6) is 5.75 Å².